The number of aliphatic hydroxyl groups is 1. The minimum Gasteiger partial charge on any atom is -0.490 e. The highest BCUT2D eigenvalue weighted by molar-refractivity contribution is 5.59. The zero-order chi connectivity index (χ0) is 14.3. The predicted octanol–water partition coefficient (Wildman–Crippen LogP) is 1.16. The molecular formula is C11H15FN2O5. The highest BCUT2D eigenvalue weighted by Gasteiger charge is 2.18. The number of nitro groups is 1. The van der Waals surface area contributed by atoms with Crippen LogP contribution in [0.25, 0.3) is 0 Å². The maximum Gasteiger partial charge on any atom is 0.313 e. The summed E-state index contributed by atoms with van der Waals surface area (Å²) in [6.07, 6.45) is 0. The van der Waals surface area contributed by atoms with E-state index in [1.54, 1.807) is 0 Å². The fraction of sp³-hybridized carbons (Fsp3) is 0.455. The maximum absolute atomic E-state index is 13.6. The summed E-state index contributed by atoms with van der Waals surface area (Å²) in [5, 5.41) is 21.9. The molecule has 0 aliphatic rings. The normalized spacial score (nSPS) is 10.3. The number of methoxy groups -OCH3 is 1. The number of rotatable bonds is 8. The van der Waals surface area contributed by atoms with Crippen molar-refractivity contribution in [2.75, 3.05) is 38.8 Å². The molecule has 0 saturated carbocycles. The largest absolute Gasteiger partial charge is 0.490 e. The molecule has 2 N–H and O–H groups in total. The van der Waals surface area contributed by atoms with Gasteiger partial charge in [0, 0.05) is 12.6 Å². The van der Waals surface area contributed by atoms with Crippen LogP contribution in [0.4, 0.5) is 15.8 Å². The molecule has 0 unspecified atom stereocenters. The van der Waals surface area contributed by atoms with E-state index in [-0.39, 0.29) is 31.3 Å². The third-order valence-corrected chi connectivity index (χ3v) is 2.26. The van der Waals surface area contributed by atoms with Crippen LogP contribution in [0.15, 0.2) is 12.1 Å². The molecule has 0 amide bonds. The SMILES string of the molecule is COc1cc(NCCOCCO)c(F)cc1[N+](=O)[O-]. The van der Waals surface area contributed by atoms with Gasteiger partial charge >= 0.3 is 5.69 Å². The van der Waals surface area contributed by atoms with Crippen LogP contribution in [-0.4, -0.2) is 43.5 Å². The van der Waals surface area contributed by atoms with Crippen LogP contribution in [-0.2, 0) is 4.74 Å². The Morgan fingerprint density at radius 1 is 1.47 bits per heavy atom. The van der Waals surface area contributed by atoms with Crippen LogP contribution in [0, 0.1) is 15.9 Å². The molecule has 8 heteroatoms. The van der Waals surface area contributed by atoms with Gasteiger partial charge in [0.25, 0.3) is 0 Å². The second-order valence-electron chi connectivity index (χ2n) is 3.52. The van der Waals surface area contributed by atoms with E-state index >= 15 is 0 Å². The lowest BCUT2D eigenvalue weighted by Crippen LogP contribution is -2.12. The molecule has 0 aromatic heterocycles. The van der Waals surface area contributed by atoms with Crippen LogP contribution in [0.3, 0.4) is 0 Å². The van der Waals surface area contributed by atoms with Crippen molar-refractivity contribution in [3.05, 3.63) is 28.1 Å². The molecule has 1 aromatic rings. The number of anilines is 1. The smallest absolute Gasteiger partial charge is 0.313 e. The van der Waals surface area contributed by atoms with E-state index in [4.69, 9.17) is 14.6 Å². The maximum atomic E-state index is 13.6. The Bertz CT molecular complexity index is 441. The quantitative estimate of drug-likeness (QED) is 0.420. The molecule has 0 aliphatic carbocycles. The lowest BCUT2D eigenvalue weighted by Gasteiger charge is -2.10. The average Bonchev–Trinajstić information content (AvgIpc) is 2.39. The lowest BCUT2D eigenvalue weighted by molar-refractivity contribution is -0.385. The van der Waals surface area contributed by atoms with Gasteiger partial charge in [-0.15, -0.1) is 0 Å². The Morgan fingerprint density at radius 3 is 2.79 bits per heavy atom. The first-order valence-corrected chi connectivity index (χ1v) is 5.54. The van der Waals surface area contributed by atoms with E-state index in [0.29, 0.717) is 6.54 Å². The molecular weight excluding hydrogens is 259 g/mol. The Balaban J connectivity index is 2.71. The van der Waals surface area contributed by atoms with Crippen molar-refractivity contribution in [3.8, 4) is 5.75 Å². The molecule has 0 atom stereocenters. The number of hydrogen-bond donors (Lipinski definition) is 2. The van der Waals surface area contributed by atoms with Gasteiger partial charge in [-0.1, -0.05) is 0 Å². The second-order valence-corrected chi connectivity index (χ2v) is 3.52. The van der Waals surface area contributed by atoms with Gasteiger partial charge in [-0.3, -0.25) is 10.1 Å². The van der Waals surface area contributed by atoms with Gasteiger partial charge in [0.15, 0.2) is 11.6 Å². The average molecular weight is 274 g/mol. The molecule has 0 bridgehead atoms. The number of benzene rings is 1. The van der Waals surface area contributed by atoms with Gasteiger partial charge < -0.3 is 19.9 Å². The van der Waals surface area contributed by atoms with E-state index in [1.807, 2.05) is 0 Å². The molecule has 19 heavy (non-hydrogen) atoms. The van der Waals surface area contributed by atoms with Crippen molar-refractivity contribution in [3.63, 3.8) is 0 Å². The first-order chi connectivity index (χ1) is 9.10. The number of nitro benzene ring substituents is 1. The third-order valence-electron chi connectivity index (χ3n) is 2.26. The molecule has 0 fully saturated rings. The summed E-state index contributed by atoms with van der Waals surface area (Å²) in [5.41, 5.74) is -0.336. The molecule has 0 heterocycles. The summed E-state index contributed by atoms with van der Waals surface area (Å²) in [5.74, 6) is -0.764. The highest BCUT2D eigenvalue weighted by Crippen LogP contribution is 2.32. The Labute approximate surface area is 109 Å². The number of hydrogen-bond acceptors (Lipinski definition) is 6. The van der Waals surface area contributed by atoms with E-state index in [0.717, 1.165) is 6.07 Å². The summed E-state index contributed by atoms with van der Waals surface area (Å²) in [7, 11) is 1.27. The summed E-state index contributed by atoms with van der Waals surface area (Å²) in [4.78, 5) is 9.96. The van der Waals surface area contributed by atoms with Crippen LogP contribution in [0.5, 0.6) is 5.75 Å². The molecule has 106 valence electrons. The van der Waals surface area contributed by atoms with Crippen molar-refractivity contribution in [1.29, 1.82) is 0 Å². The molecule has 0 radical (unpaired) electrons. The minimum absolute atomic E-state index is 0.0230. The molecule has 0 aliphatic heterocycles. The van der Waals surface area contributed by atoms with E-state index in [1.165, 1.54) is 13.2 Å². The number of ether oxygens (including phenoxy) is 2. The van der Waals surface area contributed by atoms with Crippen LogP contribution >= 0.6 is 0 Å². The number of aliphatic hydroxyl groups excluding tert-OH is 1. The van der Waals surface area contributed by atoms with E-state index in [9.17, 15) is 14.5 Å². The van der Waals surface area contributed by atoms with Crippen LogP contribution in [0.2, 0.25) is 0 Å². The van der Waals surface area contributed by atoms with Crippen LogP contribution in [0.1, 0.15) is 0 Å². The summed E-state index contributed by atoms with van der Waals surface area (Å²) >= 11 is 0. The monoisotopic (exact) mass is 274 g/mol. The van der Waals surface area contributed by atoms with Crippen molar-refractivity contribution >= 4 is 11.4 Å². The van der Waals surface area contributed by atoms with Crippen LogP contribution < -0.4 is 10.1 Å². The Kier molecular flexibility index (Phi) is 5.97. The van der Waals surface area contributed by atoms with Gasteiger partial charge in [-0.25, -0.2) is 4.39 Å². The number of halogens is 1. The topological polar surface area (TPSA) is 93.9 Å². The highest BCUT2D eigenvalue weighted by atomic mass is 19.1. The predicted molar refractivity (Wildman–Crippen MR) is 66.0 cm³/mol. The summed E-state index contributed by atoms with van der Waals surface area (Å²) in [6, 6.07) is 2.02. The van der Waals surface area contributed by atoms with Crippen molar-refractivity contribution in [1.82, 2.24) is 0 Å². The molecule has 0 saturated heterocycles. The van der Waals surface area contributed by atoms with E-state index in [2.05, 4.69) is 5.32 Å². The minimum atomic E-state index is -0.741. The zero-order valence-corrected chi connectivity index (χ0v) is 10.4. The fourth-order valence-electron chi connectivity index (χ4n) is 1.41. The third kappa shape index (κ3) is 4.34. The van der Waals surface area contributed by atoms with Crippen molar-refractivity contribution < 1.29 is 23.9 Å². The summed E-state index contributed by atoms with van der Waals surface area (Å²) in [6.45, 7) is 0.699. The second kappa shape index (κ2) is 7.49. The van der Waals surface area contributed by atoms with Gasteiger partial charge in [0.2, 0.25) is 0 Å². The molecule has 1 rings (SSSR count). The number of nitrogens with one attached hydrogen (secondary N) is 1. The van der Waals surface area contributed by atoms with Gasteiger partial charge in [0.05, 0.1) is 43.6 Å². The van der Waals surface area contributed by atoms with Crippen molar-refractivity contribution in [2.24, 2.45) is 0 Å². The molecule has 0 spiro atoms. The first kappa shape index (κ1) is 15.1. The van der Waals surface area contributed by atoms with Gasteiger partial charge in [-0.2, -0.15) is 0 Å². The molecule has 7 nitrogen and oxygen atoms in total. The van der Waals surface area contributed by atoms with Gasteiger partial charge in [-0.05, 0) is 0 Å². The Hall–Kier alpha value is -1.93. The fourth-order valence-corrected chi connectivity index (χ4v) is 1.41. The standard InChI is InChI=1S/C11H15FN2O5/c1-18-11-7-9(13-2-4-19-5-3-15)8(12)6-10(11)14(16)17/h6-7,13,15H,2-5H2,1H3. The van der Waals surface area contributed by atoms with Gasteiger partial charge in [0.1, 0.15) is 0 Å². The number of nitrogens with zero attached hydrogens (tertiary/aromatic N) is 1. The van der Waals surface area contributed by atoms with E-state index < -0.39 is 16.4 Å². The Morgan fingerprint density at radius 2 is 2.21 bits per heavy atom. The lowest BCUT2D eigenvalue weighted by atomic mass is 10.2. The first-order valence-electron chi connectivity index (χ1n) is 5.54. The summed E-state index contributed by atoms with van der Waals surface area (Å²) < 4.78 is 23.4. The molecule has 1 aromatic carbocycles. The van der Waals surface area contributed by atoms with Crippen molar-refractivity contribution in [2.45, 2.75) is 0 Å². The zero-order valence-electron chi connectivity index (χ0n) is 10.4.